The van der Waals surface area contributed by atoms with Gasteiger partial charge in [0.1, 0.15) is 6.04 Å². The van der Waals surface area contributed by atoms with Gasteiger partial charge in [-0.25, -0.2) is 4.79 Å². The zero-order chi connectivity index (χ0) is 17.4. The molecule has 2 aliphatic rings. The van der Waals surface area contributed by atoms with Gasteiger partial charge in [-0.2, -0.15) is 13.5 Å². The Balaban J connectivity index is 2.06. The zero-order valence-electron chi connectivity index (χ0n) is 12.6. The van der Waals surface area contributed by atoms with Crippen LogP contribution in [-0.2, 0) is 24.3 Å². The summed E-state index contributed by atoms with van der Waals surface area (Å²) in [5.74, 6) is -0.842. The molecule has 2 heterocycles. The van der Waals surface area contributed by atoms with E-state index in [1.807, 2.05) is 0 Å². The van der Waals surface area contributed by atoms with Crippen molar-refractivity contribution in [1.29, 1.82) is 0 Å². The first-order valence-electron chi connectivity index (χ1n) is 6.98. The maximum atomic E-state index is 12.2. The van der Waals surface area contributed by atoms with Gasteiger partial charge in [0.05, 0.1) is 6.04 Å². The molecule has 23 heavy (non-hydrogen) atoms. The van der Waals surface area contributed by atoms with Crippen molar-refractivity contribution in [2.75, 3.05) is 13.6 Å². The number of hydrogen-bond donors (Lipinski definition) is 2. The Morgan fingerprint density at radius 2 is 2.09 bits per heavy atom. The van der Waals surface area contributed by atoms with Crippen LogP contribution in [0, 0.1) is 0 Å². The third kappa shape index (κ3) is 3.71. The first kappa shape index (κ1) is 17.4. The fraction of sp³-hybridized carbons (Fsp3) is 0.727. The molecule has 2 aliphatic heterocycles. The van der Waals surface area contributed by atoms with E-state index in [1.54, 1.807) is 6.92 Å². The average Bonchev–Trinajstić information content (AvgIpc) is 2.70. The molecule has 0 aromatic rings. The van der Waals surface area contributed by atoms with Gasteiger partial charge in [0.15, 0.2) is 0 Å². The highest BCUT2D eigenvalue weighted by atomic mass is 32.3. The molecule has 0 radical (unpaired) electrons. The summed E-state index contributed by atoms with van der Waals surface area (Å²) in [4.78, 5) is 37.0. The van der Waals surface area contributed by atoms with Crippen LogP contribution >= 0.6 is 0 Å². The summed E-state index contributed by atoms with van der Waals surface area (Å²) in [6.45, 7) is 1.74. The molecule has 0 aliphatic carbocycles. The Bertz CT molecular complexity index is 622. The van der Waals surface area contributed by atoms with Crippen molar-refractivity contribution in [3.05, 3.63) is 0 Å². The molecule has 0 aromatic heterocycles. The van der Waals surface area contributed by atoms with E-state index in [2.05, 4.69) is 9.71 Å². The van der Waals surface area contributed by atoms with Gasteiger partial charge in [-0.05, 0) is 12.8 Å². The van der Waals surface area contributed by atoms with Crippen LogP contribution in [0.3, 0.4) is 0 Å². The molecule has 2 N–H and O–H groups in total. The molecule has 11 nitrogen and oxygen atoms in total. The van der Waals surface area contributed by atoms with Gasteiger partial charge in [-0.1, -0.05) is 6.92 Å². The maximum Gasteiger partial charge on any atom is 0.418 e. The van der Waals surface area contributed by atoms with Crippen LogP contribution in [0.2, 0.25) is 0 Å². The lowest BCUT2D eigenvalue weighted by molar-refractivity contribution is -0.141. The number of piperidine rings is 1. The second-order valence-corrected chi connectivity index (χ2v) is 6.30. The van der Waals surface area contributed by atoms with Crippen LogP contribution in [0.15, 0.2) is 0 Å². The fourth-order valence-corrected chi connectivity index (χ4v) is 3.03. The van der Waals surface area contributed by atoms with Crippen molar-refractivity contribution >= 4 is 28.2 Å². The van der Waals surface area contributed by atoms with Crippen LogP contribution in [-0.4, -0.2) is 71.5 Å². The number of hydrazine groups is 1. The average molecular weight is 350 g/mol. The predicted octanol–water partition coefficient (Wildman–Crippen LogP) is -1.11. The SMILES string of the molecule is CCC(=O)N(C)NC(=O)[C@@H]1CC[C@@H]2CN1C(=O)N2OS(=O)(=O)O. The third-order valence-electron chi connectivity index (χ3n) is 3.75. The van der Waals surface area contributed by atoms with Crippen LogP contribution < -0.4 is 5.43 Å². The summed E-state index contributed by atoms with van der Waals surface area (Å²) in [6.07, 6.45) is 0.811. The smallest absolute Gasteiger partial charge is 0.309 e. The summed E-state index contributed by atoms with van der Waals surface area (Å²) in [5, 5.41) is 1.60. The second kappa shape index (κ2) is 6.29. The first-order valence-corrected chi connectivity index (χ1v) is 8.34. The minimum Gasteiger partial charge on any atom is -0.309 e. The van der Waals surface area contributed by atoms with Crippen LogP contribution in [0.4, 0.5) is 4.79 Å². The molecule has 2 saturated heterocycles. The normalized spacial score (nSPS) is 23.9. The number of amides is 4. The molecular weight excluding hydrogens is 332 g/mol. The van der Waals surface area contributed by atoms with E-state index >= 15 is 0 Å². The van der Waals surface area contributed by atoms with Gasteiger partial charge >= 0.3 is 16.4 Å². The topological polar surface area (TPSA) is 137 Å². The molecule has 2 bridgehead atoms. The monoisotopic (exact) mass is 350 g/mol. The van der Waals surface area contributed by atoms with Crippen molar-refractivity contribution < 1.29 is 31.6 Å². The van der Waals surface area contributed by atoms with Crippen molar-refractivity contribution in [3.63, 3.8) is 0 Å². The number of carbonyl (C=O) groups is 3. The molecule has 12 heteroatoms. The van der Waals surface area contributed by atoms with E-state index in [4.69, 9.17) is 4.55 Å². The highest BCUT2D eigenvalue weighted by Crippen LogP contribution is 2.30. The highest BCUT2D eigenvalue weighted by molar-refractivity contribution is 7.80. The standard InChI is InChI=1S/C11H18N4O7S/c1-3-9(16)13(2)12-10(17)8-5-4-7-6-14(8)11(18)15(7)22-23(19,20)21/h7-8H,3-6H2,1-2H3,(H,12,17)(H,19,20,21)/t7-,8+/m1/s1. The van der Waals surface area contributed by atoms with Crippen LogP contribution in [0.1, 0.15) is 26.2 Å². The number of urea groups is 1. The molecule has 4 amide bonds. The predicted molar refractivity (Wildman–Crippen MR) is 74.6 cm³/mol. The van der Waals surface area contributed by atoms with Crippen molar-refractivity contribution in [2.45, 2.75) is 38.3 Å². The first-order chi connectivity index (χ1) is 10.6. The number of nitrogens with zero attached hydrogens (tertiary/aromatic N) is 3. The lowest BCUT2D eigenvalue weighted by atomic mass is 10.0. The van der Waals surface area contributed by atoms with Crippen molar-refractivity contribution in [2.24, 2.45) is 0 Å². The van der Waals surface area contributed by atoms with E-state index in [1.165, 1.54) is 7.05 Å². The second-order valence-electron chi connectivity index (χ2n) is 5.29. The summed E-state index contributed by atoms with van der Waals surface area (Å²) in [7, 11) is -3.43. The molecule has 0 saturated carbocycles. The van der Waals surface area contributed by atoms with E-state index in [-0.39, 0.29) is 25.3 Å². The minimum atomic E-state index is -4.83. The van der Waals surface area contributed by atoms with Gasteiger partial charge in [0.2, 0.25) is 5.91 Å². The van der Waals surface area contributed by atoms with Crippen LogP contribution in [0.25, 0.3) is 0 Å². The Hall–Kier alpha value is -1.92. The fourth-order valence-electron chi connectivity index (χ4n) is 2.64. The van der Waals surface area contributed by atoms with E-state index in [0.717, 1.165) is 9.91 Å². The van der Waals surface area contributed by atoms with Crippen molar-refractivity contribution in [3.8, 4) is 0 Å². The number of nitrogens with one attached hydrogen (secondary N) is 1. The Morgan fingerprint density at radius 3 is 2.65 bits per heavy atom. The molecule has 2 atom stereocenters. The Labute approximate surface area is 133 Å². The van der Waals surface area contributed by atoms with E-state index < -0.39 is 34.4 Å². The molecule has 0 unspecified atom stereocenters. The molecule has 130 valence electrons. The van der Waals surface area contributed by atoms with Gasteiger partial charge < -0.3 is 4.90 Å². The van der Waals surface area contributed by atoms with Gasteiger partial charge in [0, 0.05) is 20.0 Å². The Kier molecular flexibility index (Phi) is 4.77. The summed E-state index contributed by atoms with van der Waals surface area (Å²) < 4.78 is 34.6. The minimum absolute atomic E-state index is 0.0951. The number of carbonyl (C=O) groups excluding carboxylic acids is 3. The molecular formula is C11H18N4O7S. The largest absolute Gasteiger partial charge is 0.418 e. The number of hydroxylamine groups is 2. The third-order valence-corrected chi connectivity index (χ3v) is 4.10. The van der Waals surface area contributed by atoms with Crippen LogP contribution in [0.5, 0.6) is 0 Å². The quantitative estimate of drug-likeness (QED) is 0.484. The van der Waals surface area contributed by atoms with Gasteiger partial charge in [-0.3, -0.25) is 24.6 Å². The molecule has 0 spiro atoms. The van der Waals surface area contributed by atoms with E-state index in [9.17, 15) is 22.8 Å². The van der Waals surface area contributed by atoms with E-state index in [0.29, 0.717) is 11.5 Å². The molecule has 0 aromatic carbocycles. The molecule has 2 fully saturated rings. The highest BCUT2D eigenvalue weighted by Gasteiger charge is 2.49. The lowest BCUT2D eigenvalue weighted by Gasteiger charge is -2.30. The molecule has 2 rings (SSSR count). The van der Waals surface area contributed by atoms with Gasteiger partial charge in [0.25, 0.3) is 5.91 Å². The summed E-state index contributed by atoms with van der Waals surface area (Å²) in [5.41, 5.74) is 2.39. The summed E-state index contributed by atoms with van der Waals surface area (Å²) in [6, 6.07) is -2.24. The number of fused-ring (bicyclic) bond motifs is 2. The van der Waals surface area contributed by atoms with Gasteiger partial charge in [-0.15, -0.1) is 4.28 Å². The number of rotatable bonds is 4. The number of hydrogen-bond acceptors (Lipinski definition) is 6. The lowest BCUT2D eigenvalue weighted by Crippen LogP contribution is -2.54. The summed E-state index contributed by atoms with van der Waals surface area (Å²) >= 11 is 0. The van der Waals surface area contributed by atoms with Crippen molar-refractivity contribution in [1.82, 2.24) is 20.4 Å². The maximum absolute atomic E-state index is 12.2. The zero-order valence-corrected chi connectivity index (χ0v) is 13.4. The Morgan fingerprint density at radius 1 is 1.43 bits per heavy atom.